The Bertz CT molecular complexity index is 724. The molecule has 0 aliphatic heterocycles. The quantitative estimate of drug-likeness (QED) is 0.694. The Hall–Kier alpha value is -2.04. The molecule has 0 aliphatic rings. The van der Waals surface area contributed by atoms with Crippen LogP contribution in [0.15, 0.2) is 48.5 Å². The fourth-order valence-electron chi connectivity index (χ4n) is 3.29. The van der Waals surface area contributed by atoms with Crippen LogP contribution in [0.25, 0.3) is 0 Å². The predicted molar refractivity (Wildman–Crippen MR) is 115 cm³/mol. The zero-order chi connectivity index (χ0) is 20.9. The van der Waals surface area contributed by atoms with Crippen molar-refractivity contribution in [2.75, 3.05) is 13.7 Å². The average molecular weight is 386 g/mol. The SMILES string of the molecule is COc1ccc(C(C[C@H](O)COc2ccc(C(C)(C)C)cc2)C(C)(C)N)cc1. The minimum Gasteiger partial charge on any atom is -0.497 e. The van der Waals surface area contributed by atoms with E-state index in [4.69, 9.17) is 15.2 Å². The first kappa shape index (κ1) is 22.3. The lowest BCUT2D eigenvalue weighted by atomic mass is 9.79. The molecule has 0 heterocycles. The topological polar surface area (TPSA) is 64.7 Å². The van der Waals surface area contributed by atoms with Crippen LogP contribution < -0.4 is 15.2 Å². The van der Waals surface area contributed by atoms with Gasteiger partial charge in [0.1, 0.15) is 18.1 Å². The van der Waals surface area contributed by atoms with Gasteiger partial charge in [-0.05, 0) is 61.1 Å². The van der Waals surface area contributed by atoms with Crippen LogP contribution in [0.3, 0.4) is 0 Å². The first-order chi connectivity index (χ1) is 13.0. The summed E-state index contributed by atoms with van der Waals surface area (Å²) in [6.45, 7) is 10.8. The molecule has 4 nitrogen and oxygen atoms in total. The Balaban J connectivity index is 2.00. The highest BCUT2D eigenvalue weighted by molar-refractivity contribution is 5.32. The molecule has 0 spiro atoms. The molecule has 0 aliphatic carbocycles. The molecule has 154 valence electrons. The third-order valence-electron chi connectivity index (χ3n) is 5.09. The van der Waals surface area contributed by atoms with E-state index in [1.165, 1.54) is 5.56 Å². The van der Waals surface area contributed by atoms with E-state index in [0.29, 0.717) is 6.42 Å². The van der Waals surface area contributed by atoms with Crippen LogP contribution in [0.5, 0.6) is 11.5 Å². The summed E-state index contributed by atoms with van der Waals surface area (Å²) >= 11 is 0. The standard InChI is InChI=1S/C24H35NO3/c1-23(2,3)18-9-13-21(14-10-18)28-16-19(26)15-22(24(4,5)25)17-7-11-20(27-6)12-8-17/h7-14,19,22,26H,15-16,25H2,1-6H3/t19-,22?/m0/s1. The number of methoxy groups -OCH3 is 1. The number of nitrogens with two attached hydrogens (primary N) is 1. The van der Waals surface area contributed by atoms with Crippen molar-refractivity contribution in [3.05, 3.63) is 59.7 Å². The minimum atomic E-state index is -0.614. The molecule has 2 aromatic carbocycles. The summed E-state index contributed by atoms with van der Waals surface area (Å²) in [5.74, 6) is 1.57. The van der Waals surface area contributed by atoms with Gasteiger partial charge in [-0.1, -0.05) is 45.0 Å². The van der Waals surface area contributed by atoms with Crippen molar-refractivity contribution in [2.24, 2.45) is 5.73 Å². The Kier molecular flexibility index (Phi) is 7.13. The molecule has 0 radical (unpaired) electrons. The van der Waals surface area contributed by atoms with Gasteiger partial charge in [0, 0.05) is 11.5 Å². The van der Waals surface area contributed by atoms with Gasteiger partial charge >= 0.3 is 0 Å². The van der Waals surface area contributed by atoms with E-state index in [9.17, 15) is 5.11 Å². The monoisotopic (exact) mass is 385 g/mol. The summed E-state index contributed by atoms with van der Waals surface area (Å²) in [6, 6.07) is 15.9. The van der Waals surface area contributed by atoms with E-state index in [0.717, 1.165) is 17.1 Å². The van der Waals surface area contributed by atoms with Crippen molar-refractivity contribution in [3.8, 4) is 11.5 Å². The maximum atomic E-state index is 10.6. The van der Waals surface area contributed by atoms with Crippen LogP contribution >= 0.6 is 0 Å². The molecule has 3 N–H and O–H groups in total. The van der Waals surface area contributed by atoms with Crippen molar-refractivity contribution >= 4 is 0 Å². The van der Waals surface area contributed by atoms with Gasteiger partial charge in [0.25, 0.3) is 0 Å². The van der Waals surface area contributed by atoms with Crippen LogP contribution in [0, 0.1) is 0 Å². The van der Waals surface area contributed by atoms with Crippen molar-refractivity contribution in [3.63, 3.8) is 0 Å². The molecule has 0 fully saturated rings. The van der Waals surface area contributed by atoms with Gasteiger partial charge in [0.2, 0.25) is 0 Å². The average Bonchev–Trinajstić information content (AvgIpc) is 2.63. The fraction of sp³-hybridized carbons (Fsp3) is 0.500. The summed E-state index contributed by atoms with van der Waals surface area (Å²) in [4.78, 5) is 0. The molecule has 0 bridgehead atoms. The second-order valence-electron chi connectivity index (χ2n) is 9.12. The second kappa shape index (κ2) is 8.97. The van der Waals surface area contributed by atoms with E-state index >= 15 is 0 Å². The summed E-state index contributed by atoms with van der Waals surface area (Å²) in [6.07, 6.45) is -0.0900. The summed E-state index contributed by atoms with van der Waals surface area (Å²) in [5.41, 5.74) is 8.39. The van der Waals surface area contributed by atoms with Crippen LogP contribution in [0.4, 0.5) is 0 Å². The van der Waals surface area contributed by atoms with E-state index in [2.05, 4.69) is 32.9 Å². The number of ether oxygens (including phenoxy) is 2. The van der Waals surface area contributed by atoms with Crippen LogP contribution in [-0.2, 0) is 5.41 Å². The highest BCUT2D eigenvalue weighted by Crippen LogP contribution is 2.32. The zero-order valence-electron chi connectivity index (χ0n) is 18.0. The van der Waals surface area contributed by atoms with Gasteiger partial charge in [-0.3, -0.25) is 0 Å². The van der Waals surface area contributed by atoms with Gasteiger partial charge in [0.05, 0.1) is 13.2 Å². The number of hydrogen-bond acceptors (Lipinski definition) is 4. The molecule has 2 rings (SSSR count). The summed E-state index contributed by atoms with van der Waals surface area (Å²) in [5, 5.41) is 10.6. The Morgan fingerprint density at radius 3 is 1.89 bits per heavy atom. The van der Waals surface area contributed by atoms with Gasteiger partial charge in [-0.25, -0.2) is 0 Å². The number of hydrogen-bond donors (Lipinski definition) is 2. The third kappa shape index (κ3) is 6.25. The number of aliphatic hydroxyl groups is 1. The fourth-order valence-corrected chi connectivity index (χ4v) is 3.29. The largest absolute Gasteiger partial charge is 0.497 e. The van der Waals surface area contributed by atoms with E-state index in [1.54, 1.807) is 7.11 Å². The van der Waals surface area contributed by atoms with Gasteiger partial charge in [-0.2, -0.15) is 0 Å². The molecular formula is C24H35NO3. The van der Waals surface area contributed by atoms with Gasteiger partial charge in [0.15, 0.2) is 0 Å². The summed E-state index contributed by atoms with van der Waals surface area (Å²) in [7, 11) is 1.65. The highest BCUT2D eigenvalue weighted by atomic mass is 16.5. The second-order valence-corrected chi connectivity index (χ2v) is 9.12. The Morgan fingerprint density at radius 1 is 0.893 bits per heavy atom. The lowest BCUT2D eigenvalue weighted by molar-refractivity contribution is 0.0861. The summed E-state index contributed by atoms with van der Waals surface area (Å²) < 4.78 is 11.0. The minimum absolute atomic E-state index is 0.000252. The number of aliphatic hydroxyl groups excluding tert-OH is 1. The third-order valence-corrected chi connectivity index (χ3v) is 5.09. The van der Waals surface area contributed by atoms with Gasteiger partial charge in [-0.15, -0.1) is 0 Å². The molecule has 2 atom stereocenters. The smallest absolute Gasteiger partial charge is 0.119 e. The molecule has 0 amide bonds. The number of benzene rings is 2. The molecule has 28 heavy (non-hydrogen) atoms. The van der Waals surface area contributed by atoms with Crippen LogP contribution in [-0.4, -0.2) is 30.5 Å². The maximum Gasteiger partial charge on any atom is 0.119 e. The molecule has 0 saturated heterocycles. The Labute approximate surface area is 169 Å². The first-order valence-electron chi connectivity index (χ1n) is 9.85. The van der Waals surface area contributed by atoms with Crippen LogP contribution in [0.1, 0.15) is 58.1 Å². The van der Waals surface area contributed by atoms with Gasteiger partial charge < -0.3 is 20.3 Å². The molecule has 0 aromatic heterocycles. The lowest BCUT2D eigenvalue weighted by Gasteiger charge is -2.32. The zero-order valence-corrected chi connectivity index (χ0v) is 18.0. The van der Waals surface area contributed by atoms with Crippen molar-refractivity contribution in [1.82, 2.24) is 0 Å². The normalized spacial score (nSPS) is 14.4. The van der Waals surface area contributed by atoms with Crippen LogP contribution in [0.2, 0.25) is 0 Å². The maximum absolute atomic E-state index is 10.6. The van der Waals surface area contributed by atoms with E-state index in [1.807, 2.05) is 50.2 Å². The predicted octanol–water partition coefficient (Wildman–Crippen LogP) is 4.64. The Morgan fingerprint density at radius 2 is 1.43 bits per heavy atom. The molecule has 1 unspecified atom stereocenters. The number of rotatable bonds is 8. The molecule has 4 heteroatoms. The first-order valence-corrected chi connectivity index (χ1v) is 9.85. The molecule has 2 aromatic rings. The molecular weight excluding hydrogens is 350 g/mol. The van der Waals surface area contributed by atoms with E-state index < -0.39 is 11.6 Å². The lowest BCUT2D eigenvalue weighted by Crippen LogP contribution is -2.41. The highest BCUT2D eigenvalue weighted by Gasteiger charge is 2.29. The van der Waals surface area contributed by atoms with E-state index in [-0.39, 0.29) is 17.9 Å². The molecule has 0 saturated carbocycles. The van der Waals surface area contributed by atoms with Crippen molar-refractivity contribution in [1.29, 1.82) is 0 Å². The van der Waals surface area contributed by atoms with Crippen molar-refractivity contribution < 1.29 is 14.6 Å². The van der Waals surface area contributed by atoms with Crippen molar-refractivity contribution in [2.45, 2.75) is 64.0 Å².